The highest BCUT2D eigenvalue weighted by Gasteiger charge is 2.16. The quantitative estimate of drug-likeness (QED) is 0.744. The van der Waals surface area contributed by atoms with Crippen LogP contribution in [0.5, 0.6) is 0 Å². The number of hydrogen-bond acceptors (Lipinski definition) is 3. The minimum absolute atomic E-state index is 0.106. The number of carbonyl (C=O) groups is 2. The first kappa shape index (κ1) is 17.6. The number of amides is 3. The lowest BCUT2D eigenvalue weighted by atomic mass is 10.2. The van der Waals surface area contributed by atoms with Gasteiger partial charge in [0.1, 0.15) is 0 Å². The highest BCUT2D eigenvalue weighted by atomic mass is 35.5. The second-order valence-corrected chi connectivity index (χ2v) is 5.89. The zero-order chi connectivity index (χ0) is 16.7. The number of benzene rings is 1. The number of nitrogens with one attached hydrogen (secondary N) is 3. The summed E-state index contributed by atoms with van der Waals surface area (Å²) in [6.07, 6.45) is 2.31. The third-order valence-corrected chi connectivity index (χ3v) is 4.10. The van der Waals surface area contributed by atoms with Crippen LogP contribution in [0.15, 0.2) is 18.2 Å². The molecule has 2 rings (SSSR count). The van der Waals surface area contributed by atoms with Crippen LogP contribution in [0.1, 0.15) is 24.8 Å². The van der Waals surface area contributed by atoms with Gasteiger partial charge in [-0.25, -0.2) is 4.79 Å². The summed E-state index contributed by atoms with van der Waals surface area (Å²) in [6.45, 7) is 3.37. The average Bonchev–Trinajstić information content (AvgIpc) is 3.03. The van der Waals surface area contributed by atoms with Gasteiger partial charge in [-0.3, -0.25) is 4.79 Å². The van der Waals surface area contributed by atoms with Crippen molar-refractivity contribution >= 4 is 29.2 Å². The molecule has 0 bridgehead atoms. The van der Waals surface area contributed by atoms with E-state index in [2.05, 4.69) is 16.0 Å². The molecule has 1 aliphatic heterocycles. The number of urea groups is 1. The molecule has 7 heteroatoms. The number of hydrogen-bond donors (Lipinski definition) is 3. The van der Waals surface area contributed by atoms with Crippen molar-refractivity contribution < 1.29 is 14.3 Å². The Morgan fingerprint density at radius 3 is 2.91 bits per heavy atom. The molecule has 23 heavy (non-hydrogen) atoms. The normalized spacial score (nSPS) is 16.9. The highest BCUT2D eigenvalue weighted by Crippen LogP contribution is 2.22. The molecule has 0 radical (unpaired) electrons. The molecule has 1 aliphatic rings. The van der Waals surface area contributed by atoms with Crippen LogP contribution in [0.2, 0.25) is 5.02 Å². The van der Waals surface area contributed by atoms with E-state index in [-0.39, 0.29) is 31.0 Å². The number of halogens is 1. The number of ether oxygens (including phenoxy) is 1. The van der Waals surface area contributed by atoms with E-state index < -0.39 is 0 Å². The molecule has 0 aliphatic carbocycles. The Hall–Kier alpha value is -1.79. The Bertz CT molecular complexity index is 560. The monoisotopic (exact) mass is 339 g/mol. The summed E-state index contributed by atoms with van der Waals surface area (Å²) in [5, 5.41) is 8.79. The molecule has 126 valence electrons. The molecule has 6 nitrogen and oxygen atoms in total. The van der Waals surface area contributed by atoms with Crippen LogP contribution in [-0.4, -0.2) is 37.7 Å². The van der Waals surface area contributed by atoms with E-state index in [4.69, 9.17) is 16.3 Å². The van der Waals surface area contributed by atoms with Crippen molar-refractivity contribution in [2.24, 2.45) is 0 Å². The molecule has 0 spiro atoms. The van der Waals surface area contributed by atoms with Crippen molar-refractivity contribution in [1.82, 2.24) is 10.6 Å². The molecule has 0 aromatic heterocycles. The SMILES string of the molecule is Cc1c(Cl)cccc1NC(=O)CCNC(=O)NC[C@H]1CCCO1. The second-order valence-electron chi connectivity index (χ2n) is 5.48. The van der Waals surface area contributed by atoms with Gasteiger partial charge in [-0.2, -0.15) is 0 Å². The van der Waals surface area contributed by atoms with Gasteiger partial charge in [-0.05, 0) is 37.5 Å². The maximum Gasteiger partial charge on any atom is 0.314 e. The van der Waals surface area contributed by atoms with Gasteiger partial charge in [-0.1, -0.05) is 17.7 Å². The molecular weight excluding hydrogens is 318 g/mol. The van der Waals surface area contributed by atoms with Gasteiger partial charge in [0, 0.05) is 36.8 Å². The fourth-order valence-electron chi connectivity index (χ4n) is 2.32. The van der Waals surface area contributed by atoms with E-state index in [1.54, 1.807) is 18.2 Å². The standard InChI is InChI=1S/C16H22ClN3O3/c1-11-13(17)5-2-6-14(11)20-15(21)7-8-18-16(22)19-10-12-4-3-9-23-12/h2,5-6,12H,3-4,7-10H2,1H3,(H,20,21)(H2,18,19,22)/t12-/m1/s1. The van der Waals surface area contributed by atoms with Crippen molar-refractivity contribution in [2.45, 2.75) is 32.3 Å². The Labute approximate surface area is 140 Å². The lowest BCUT2D eigenvalue weighted by Gasteiger charge is -2.12. The highest BCUT2D eigenvalue weighted by molar-refractivity contribution is 6.31. The molecule has 0 saturated carbocycles. The number of carbonyl (C=O) groups excluding carboxylic acids is 2. The largest absolute Gasteiger partial charge is 0.376 e. The zero-order valence-corrected chi connectivity index (χ0v) is 13.9. The van der Waals surface area contributed by atoms with Gasteiger partial charge in [0.05, 0.1) is 6.10 Å². The predicted octanol–water partition coefficient (Wildman–Crippen LogP) is 2.46. The van der Waals surface area contributed by atoms with Crippen molar-refractivity contribution in [3.8, 4) is 0 Å². The minimum Gasteiger partial charge on any atom is -0.376 e. The Kier molecular flexibility index (Phi) is 6.67. The van der Waals surface area contributed by atoms with Gasteiger partial charge in [0.25, 0.3) is 0 Å². The van der Waals surface area contributed by atoms with E-state index in [1.807, 2.05) is 6.92 Å². The van der Waals surface area contributed by atoms with Gasteiger partial charge in [-0.15, -0.1) is 0 Å². The third kappa shape index (κ3) is 5.73. The summed E-state index contributed by atoms with van der Waals surface area (Å²) in [4.78, 5) is 23.5. The molecule has 1 aromatic carbocycles. The predicted molar refractivity (Wildman–Crippen MR) is 89.8 cm³/mol. The van der Waals surface area contributed by atoms with Gasteiger partial charge < -0.3 is 20.7 Å². The summed E-state index contributed by atoms with van der Waals surface area (Å²) in [5.74, 6) is -0.171. The van der Waals surface area contributed by atoms with Crippen molar-refractivity contribution in [3.05, 3.63) is 28.8 Å². The third-order valence-electron chi connectivity index (χ3n) is 3.69. The molecule has 0 unspecified atom stereocenters. The zero-order valence-electron chi connectivity index (χ0n) is 13.2. The second kappa shape index (κ2) is 8.74. The molecule has 1 heterocycles. The van der Waals surface area contributed by atoms with Crippen LogP contribution in [0, 0.1) is 6.92 Å². The Morgan fingerprint density at radius 1 is 1.35 bits per heavy atom. The van der Waals surface area contributed by atoms with Crippen LogP contribution in [0.4, 0.5) is 10.5 Å². The van der Waals surface area contributed by atoms with Gasteiger partial charge in [0.2, 0.25) is 5.91 Å². The topological polar surface area (TPSA) is 79.5 Å². The molecule has 1 fully saturated rings. The Morgan fingerprint density at radius 2 is 2.17 bits per heavy atom. The summed E-state index contributed by atoms with van der Waals surface area (Å²) in [7, 11) is 0. The average molecular weight is 340 g/mol. The Balaban J connectivity index is 1.64. The summed E-state index contributed by atoms with van der Waals surface area (Å²) >= 11 is 6.00. The van der Waals surface area contributed by atoms with E-state index >= 15 is 0 Å². The summed E-state index contributed by atoms with van der Waals surface area (Å²) in [5.41, 5.74) is 1.51. The van der Waals surface area contributed by atoms with Crippen molar-refractivity contribution in [1.29, 1.82) is 0 Å². The lowest BCUT2D eigenvalue weighted by molar-refractivity contribution is -0.116. The minimum atomic E-state index is -0.285. The van der Waals surface area contributed by atoms with E-state index in [0.29, 0.717) is 17.3 Å². The molecule has 1 atom stereocenters. The summed E-state index contributed by atoms with van der Waals surface area (Å²) < 4.78 is 5.42. The molecule has 1 aromatic rings. The number of rotatable bonds is 6. The molecule has 1 saturated heterocycles. The maximum atomic E-state index is 11.9. The van der Waals surface area contributed by atoms with Gasteiger partial charge in [0.15, 0.2) is 0 Å². The smallest absolute Gasteiger partial charge is 0.314 e. The van der Waals surface area contributed by atoms with E-state index in [0.717, 1.165) is 25.0 Å². The first-order valence-corrected chi connectivity index (χ1v) is 8.12. The molecule has 3 amide bonds. The van der Waals surface area contributed by atoms with Gasteiger partial charge >= 0.3 is 6.03 Å². The number of anilines is 1. The van der Waals surface area contributed by atoms with Crippen molar-refractivity contribution in [3.63, 3.8) is 0 Å². The molecular formula is C16H22ClN3O3. The van der Waals surface area contributed by atoms with Crippen LogP contribution in [0.25, 0.3) is 0 Å². The van der Waals surface area contributed by atoms with Crippen LogP contribution >= 0.6 is 11.6 Å². The lowest BCUT2D eigenvalue weighted by Crippen LogP contribution is -2.40. The van der Waals surface area contributed by atoms with Crippen LogP contribution in [-0.2, 0) is 9.53 Å². The first-order valence-electron chi connectivity index (χ1n) is 7.74. The molecule has 3 N–H and O–H groups in total. The van der Waals surface area contributed by atoms with Crippen molar-refractivity contribution in [2.75, 3.05) is 25.0 Å². The maximum absolute atomic E-state index is 11.9. The van der Waals surface area contributed by atoms with Crippen LogP contribution < -0.4 is 16.0 Å². The van der Waals surface area contributed by atoms with Crippen LogP contribution in [0.3, 0.4) is 0 Å². The summed E-state index contributed by atoms with van der Waals surface area (Å²) in [6, 6.07) is 5.06. The van der Waals surface area contributed by atoms with E-state index in [1.165, 1.54) is 0 Å². The fraction of sp³-hybridized carbons (Fsp3) is 0.500. The fourth-order valence-corrected chi connectivity index (χ4v) is 2.49. The first-order chi connectivity index (χ1) is 11.1. The van der Waals surface area contributed by atoms with E-state index in [9.17, 15) is 9.59 Å².